The van der Waals surface area contributed by atoms with Gasteiger partial charge in [0.1, 0.15) is 6.54 Å². The van der Waals surface area contributed by atoms with E-state index in [4.69, 9.17) is 23.2 Å². The normalized spacial score (nSPS) is 10.7. The number of hydrogen-bond donors (Lipinski definition) is 1. The summed E-state index contributed by atoms with van der Waals surface area (Å²) in [7, 11) is 0. The van der Waals surface area contributed by atoms with Crippen molar-refractivity contribution >= 4 is 40.7 Å². The van der Waals surface area contributed by atoms with Crippen molar-refractivity contribution in [1.29, 1.82) is 0 Å². The highest BCUT2D eigenvalue weighted by atomic mass is 35.5. The number of rotatable bonds is 7. The average molecular weight is 459 g/mol. The molecule has 8 heteroatoms. The fourth-order valence-electron chi connectivity index (χ4n) is 3.30. The number of anilines is 1. The van der Waals surface area contributed by atoms with Gasteiger partial charge in [-0.2, -0.15) is 5.10 Å². The Morgan fingerprint density at radius 1 is 1.06 bits per heavy atom. The molecule has 3 aromatic rings. The van der Waals surface area contributed by atoms with Crippen LogP contribution in [0, 0.1) is 13.8 Å². The summed E-state index contributed by atoms with van der Waals surface area (Å²) < 4.78 is 1.83. The van der Waals surface area contributed by atoms with Crippen LogP contribution in [-0.4, -0.2) is 39.6 Å². The lowest BCUT2D eigenvalue weighted by Gasteiger charge is -2.22. The standard InChI is InChI=1S/C23H24Cl2N4O2/c1-4-11-28(14-22(30)26-21-13-18(24)7-10-20(21)25)23(31)17-5-8-19(9-6-17)29-16(3)12-15(2)27-29/h5-10,12-13H,4,11,14H2,1-3H3,(H,26,30). The average Bonchev–Trinajstić information content (AvgIpc) is 3.08. The molecule has 0 aliphatic rings. The van der Waals surface area contributed by atoms with Gasteiger partial charge in [-0.05, 0) is 68.8 Å². The predicted octanol–water partition coefficient (Wildman–Crippen LogP) is 5.29. The first-order valence-electron chi connectivity index (χ1n) is 9.96. The van der Waals surface area contributed by atoms with Crippen LogP contribution in [0.3, 0.4) is 0 Å². The van der Waals surface area contributed by atoms with E-state index in [-0.39, 0.29) is 18.4 Å². The van der Waals surface area contributed by atoms with Gasteiger partial charge in [0.2, 0.25) is 5.91 Å². The number of nitrogens with zero attached hydrogens (tertiary/aromatic N) is 3. The summed E-state index contributed by atoms with van der Waals surface area (Å²) in [4.78, 5) is 27.1. The number of carbonyl (C=O) groups is 2. The molecule has 0 saturated heterocycles. The van der Waals surface area contributed by atoms with Crippen LogP contribution in [0.4, 0.5) is 5.69 Å². The molecular formula is C23H24Cl2N4O2. The Balaban J connectivity index is 1.73. The van der Waals surface area contributed by atoms with E-state index in [1.54, 1.807) is 30.3 Å². The van der Waals surface area contributed by atoms with Crippen LogP contribution in [0.1, 0.15) is 35.1 Å². The molecule has 0 spiro atoms. The molecule has 0 aliphatic heterocycles. The van der Waals surface area contributed by atoms with Crippen molar-refractivity contribution in [2.45, 2.75) is 27.2 Å². The van der Waals surface area contributed by atoms with Crippen LogP contribution in [0.25, 0.3) is 5.69 Å². The maximum atomic E-state index is 13.0. The zero-order chi connectivity index (χ0) is 22.5. The molecule has 1 aromatic heterocycles. The number of nitrogens with one attached hydrogen (secondary N) is 1. The first-order valence-corrected chi connectivity index (χ1v) is 10.7. The Morgan fingerprint density at radius 2 is 1.77 bits per heavy atom. The molecule has 1 heterocycles. The van der Waals surface area contributed by atoms with E-state index in [1.165, 1.54) is 4.90 Å². The number of carbonyl (C=O) groups excluding carboxylic acids is 2. The van der Waals surface area contributed by atoms with Crippen LogP contribution >= 0.6 is 23.2 Å². The highest BCUT2D eigenvalue weighted by Gasteiger charge is 2.19. The smallest absolute Gasteiger partial charge is 0.254 e. The van der Waals surface area contributed by atoms with Crippen molar-refractivity contribution in [2.75, 3.05) is 18.4 Å². The second kappa shape index (κ2) is 9.98. The first-order chi connectivity index (χ1) is 14.8. The van der Waals surface area contributed by atoms with E-state index >= 15 is 0 Å². The minimum absolute atomic E-state index is 0.0886. The van der Waals surface area contributed by atoms with Gasteiger partial charge < -0.3 is 10.2 Å². The number of amides is 2. The van der Waals surface area contributed by atoms with Crippen molar-refractivity contribution in [3.63, 3.8) is 0 Å². The lowest BCUT2D eigenvalue weighted by Crippen LogP contribution is -2.38. The Morgan fingerprint density at radius 3 is 2.39 bits per heavy atom. The summed E-state index contributed by atoms with van der Waals surface area (Å²) in [6.07, 6.45) is 0.723. The minimum atomic E-state index is -0.342. The lowest BCUT2D eigenvalue weighted by molar-refractivity contribution is -0.116. The van der Waals surface area contributed by atoms with Crippen molar-refractivity contribution in [3.8, 4) is 5.69 Å². The van der Waals surface area contributed by atoms with Crippen LogP contribution in [-0.2, 0) is 4.79 Å². The quantitative estimate of drug-likeness (QED) is 0.522. The van der Waals surface area contributed by atoms with Crippen LogP contribution < -0.4 is 5.32 Å². The molecular weight excluding hydrogens is 435 g/mol. The zero-order valence-electron chi connectivity index (χ0n) is 17.7. The molecule has 3 rings (SSSR count). The van der Waals surface area contributed by atoms with Gasteiger partial charge in [0.05, 0.1) is 22.1 Å². The van der Waals surface area contributed by atoms with E-state index < -0.39 is 0 Å². The van der Waals surface area contributed by atoms with Gasteiger partial charge in [0, 0.05) is 22.8 Å². The van der Waals surface area contributed by atoms with E-state index in [9.17, 15) is 9.59 Å². The fourth-order valence-corrected chi connectivity index (χ4v) is 3.63. The molecule has 31 heavy (non-hydrogen) atoms. The molecule has 0 fully saturated rings. The fraction of sp³-hybridized carbons (Fsp3) is 0.261. The summed E-state index contributed by atoms with van der Waals surface area (Å²) in [5.41, 5.74) is 3.74. The van der Waals surface area contributed by atoms with E-state index in [2.05, 4.69) is 10.4 Å². The van der Waals surface area contributed by atoms with Crippen molar-refractivity contribution in [1.82, 2.24) is 14.7 Å². The van der Waals surface area contributed by atoms with Gasteiger partial charge in [-0.15, -0.1) is 0 Å². The van der Waals surface area contributed by atoms with Crippen LogP contribution in [0.15, 0.2) is 48.5 Å². The third-order valence-corrected chi connectivity index (χ3v) is 5.25. The van der Waals surface area contributed by atoms with Crippen molar-refractivity contribution in [3.05, 3.63) is 75.5 Å². The highest BCUT2D eigenvalue weighted by molar-refractivity contribution is 6.35. The molecule has 2 amide bonds. The molecule has 0 atom stereocenters. The largest absolute Gasteiger partial charge is 0.329 e. The SMILES string of the molecule is CCCN(CC(=O)Nc1cc(Cl)ccc1Cl)C(=O)c1ccc(-n2nc(C)cc2C)cc1. The molecule has 0 unspecified atom stereocenters. The lowest BCUT2D eigenvalue weighted by atomic mass is 10.1. The van der Waals surface area contributed by atoms with E-state index in [1.807, 2.05) is 43.7 Å². The number of hydrogen-bond acceptors (Lipinski definition) is 3. The molecule has 0 saturated carbocycles. The van der Waals surface area contributed by atoms with Gasteiger partial charge >= 0.3 is 0 Å². The van der Waals surface area contributed by atoms with E-state index in [0.29, 0.717) is 27.8 Å². The van der Waals surface area contributed by atoms with Gasteiger partial charge in [0.15, 0.2) is 0 Å². The molecule has 6 nitrogen and oxygen atoms in total. The van der Waals surface area contributed by atoms with Gasteiger partial charge in [0.25, 0.3) is 5.91 Å². The molecule has 0 radical (unpaired) electrons. The predicted molar refractivity (Wildman–Crippen MR) is 124 cm³/mol. The minimum Gasteiger partial charge on any atom is -0.329 e. The van der Waals surface area contributed by atoms with Crippen LogP contribution in [0.2, 0.25) is 10.0 Å². The van der Waals surface area contributed by atoms with Gasteiger partial charge in [-0.1, -0.05) is 30.1 Å². The summed E-state index contributed by atoms with van der Waals surface area (Å²) in [6.45, 7) is 6.24. The summed E-state index contributed by atoms with van der Waals surface area (Å²) >= 11 is 12.1. The van der Waals surface area contributed by atoms with Gasteiger partial charge in [-0.3, -0.25) is 9.59 Å². The molecule has 0 aliphatic carbocycles. The first kappa shape index (κ1) is 22.8. The van der Waals surface area contributed by atoms with Crippen molar-refractivity contribution in [2.24, 2.45) is 0 Å². The molecule has 1 N–H and O–H groups in total. The second-order valence-corrected chi connectivity index (χ2v) is 8.13. The second-order valence-electron chi connectivity index (χ2n) is 7.28. The number of benzene rings is 2. The van der Waals surface area contributed by atoms with E-state index in [0.717, 1.165) is 23.5 Å². The maximum absolute atomic E-state index is 13.0. The maximum Gasteiger partial charge on any atom is 0.254 e. The number of aryl methyl sites for hydroxylation is 2. The van der Waals surface area contributed by atoms with Crippen molar-refractivity contribution < 1.29 is 9.59 Å². The Hall–Kier alpha value is -2.83. The summed E-state index contributed by atoms with van der Waals surface area (Å²) in [5.74, 6) is -0.556. The molecule has 2 aromatic carbocycles. The topological polar surface area (TPSA) is 67.2 Å². The monoisotopic (exact) mass is 458 g/mol. The zero-order valence-corrected chi connectivity index (χ0v) is 19.2. The highest BCUT2D eigenvalue weighted by Crippen LogP contribution is 2.25. The Kier molecular flexibility index (Phi) is 7.36. The third-order valence-electron chi connectivity index (χ3n) is 4.69. The Bertz CT molecular complexity index is 1090. The number of aromatic nitrogens is 2. The number of halogens is 2. The summed E-state index contributed by atoms with van der Waals surface area (Å²) in [5, 5.41) is 8.03. The van der Waals surface area contributed by atoms with Gasteiger partial charge in [-0.25, -0.2) is 4.68 Å². The molecule has 0 bridgehead atoms. The summed E-state index contributed by atoms with van der Waals surface area (Å²) in [6, 6.07) is 14.0. The Labute approximate surface area is 191 Å². The molecule has 162 valence electrons. The third kappa shape index (κ3) is 5.66. The van der Waals surface area contributed by atoms with Crippen LogP contribution in [0.5, 0.6) is 0 Å².